The van der Waals surface area contributed by atoms with Crippen LogP contribution in [0.4, 0.5) is 5.13 Å². The van der Waals surface area contributed by atoms with Crippen molar-refractivity contribution in [1.29, 1.82) is 0 Å². The first-order valence-corrected chi connectivity index (χ1v) is 9.39. The Hall–Kier alpha value is -3.00. The molecule has 148 valence electrons. The molecule has 0 aliphatic rings. The van der Waals surface area contributed by atoms with E-state index in [1.807, 2.05) is 13.8 Å². The van der Waals surface area contributed by atoms with Gasteiger partial charge in [-0.1, -0.05) is 0 Å². The van der Waals surface area contributed by atoms with Crippen LogP contribution < -0.4 is 19.5 Å². The molecule has 0 fully saturated rings. The van der Waals surface area contributed by atoms with Crippen molar-refractivity contribution in [3.05, 3.63) is 51.9 Å². The number of benzene rings is 1. The fraction of sp³-hybridized carbons (Fsp3) is 0.300. The van der Waals surface area contributed by atoms with E-state index in [0.717, 1.165) is 16.1 Å². The minimum atomic E-state index is -0.339. The van der Waals surface area contributed by atoms with Gasteiger partial charge in [-0.15, -0.1) is 11.3 Å². The molecule has 0 atom stereocenters. The lowest BCUT2D eigenvalue weighted by molar-refractivity contribution is 0.0995. The van der Waals surface area contributed by atoms with Gasteiger partial charge in [0.2, 0.25) is 0 Å². The molecule has 1 amide bonds. The molecule has 0 spiro atoms. The van der Waals surface area contributed by atoms with Crippen LogP contribution in [-0.4, -0.2) is 32.2 Å². The number of hydrogen-bond donors (Lipinski definition) is 1. The van der Waals surface area contributed by atoms with Crippen molar-refractivity contribution < 1.29 is 23.4 Å². The average molecular weight is 402 g/mol. The Morgan fingerprint density at radius 1 is 1.11 bits per heavy atom. The van der Waals surface area contributed by atoms with Crippen molar-refractivity contribution in [2.75, 3.05) is 26.6 Å². The van der Waals surface area contributed by atoms with Crippen molar-refractivity contribution in [3.8, 4) is 17.2 Å². The molecule has 0 radical (unpaired) electrons. The third-order valence-corrected chi connectivity index (χ3v) is 5.29. The van der Waals surface area contributed by atoms with Crippen LogP contribution in [0.25, 0.3) is 0 Å². The molecule has 0 aliphatic heterocycles. The van der Waals surface area contributed by atoms with E-state index in [2.05, 4.69) is 10.3 Å². The number of rotatable bonds is 7. The van der Waals surface area contributed by atoms with Crippen LogP contribution in [0.15, 0.2) is 28.7 Å². The van der Waals surface area contributed by atoms with Gasteiger partial charge in [-0.05, 0) is 26.0 Å². The topological polar surface area (TPSA) is 82.8 Å². The van der Waals surface area contributed by atoms with Gasteiger partial charge in [0.15, 0.2) is 10.9 Å². The van der Waals surface area contributed by atoms with Crippen LogP contribution >= 0.6 is 11.3 Å². The first kappa shape index (κ1) is 19.8. The smallest absolute Gasteiger partial charge is 0.293 e. The van der Waals surface area contributed by atoms with Crippen molar-refractivity contribution in [2.24, 2.45) is 0 Å². The summed E-state index contributed by atoms with van der Waals surface area (Å²) < 4.78 is 21.9. The first-order chi connectivity index (χ1) is 13.4. The molecule has 0 bridgehead atoms. The van der Waals surface area contributed by atoms with Crippen molar-refractivity contribution in [1.82, 2.24) is 4.98 Å². The highest BCUT2D eigenvalue weighted by Gasteiger charge is 2.18. The number of nitrogens with zero attached hydrogens (tertiary/aromatic N) is 1. The Kier molecular flexibility index (Phi) is 5.89. The number of methoxy groups -OCH3 is 3. The van der Waals surface area contributed by atoms with E-state index < -0.39 is 0 Å². The molecule has 3 aromatic rings. The number of ether oxygens (including phenoxy) is 3. The van der Waals surface area contributed by atoms with Gasteiger partial charge in [0.1, 0.15) is 23.0 Å². The van der Waals surface area contributed by atoms with Crippen molar-refractivity contribution in [2.45, 2.75) is 20.3 Å². The Morgan fingerprint density at radius 2 is 1.79 bits per heavy atom. The molecule has 3 rings (SSSR count). The highest BCUT2D eigenvalue weighted by Crippen LogP contribution is 2.36. The molecular weight excluding hydrogens is 380 g/mol. The summed E-state index contributed by atoms with van der Waals surface area (Å²) in [4.78, 5) is 17.8. The number of carbonyl (C=O) groups excluding carboxylic acids is 1. The monoisotopic (exact) mass is 402 g/mol. The number of aromatic nitrogens is 1. The van der Waals surface area contributed by atoms with Crippen LogP contribution in [0, 0.1) is 13.8 Å². The Morgan fingerprint density at radius 3 is 2.32 bits per heavy atom. The van der Waals surface area contributed by atoms with E-state index in [9.17, 15) is 4.79 Å². The van der Waals surface area contributed by atoms with Gasteiger partial charge in [0.25, 0.3) is 5.91 Å². The summed E-state index contributed by atoms with van der Waals surface area (Å²) in [6.07, 6.45) is 0.402. The van der Waals surface area contributed by atoms with E-state index in [1.165, 1.54) is 11.3 Å². The summed E-state index contributed by atoms with van der Waals surface area (Å²) in [6, 6.07) is 6.96. The molecule has 28 heavy (non-hydrogen) atoms. The molecule has 1 aromatic carbocycles. The van der Waals surface area contributed by atoms with E-state index in [0.29, 0.717) is 34.6 Å². The second kappa shape index (κ2) is 8.35. The molecule has 8 heteroatoms. The molecular formula is C20H22N2O5S. The van der Waals surface area contributed by atoms with Gasteiger partial charge < -0.3 is 18.6 Å². The molecule has 0 saturated heterocycles. The maximum atomic E-state index is 12.4. The number of thiazole rings is 1. The standard InChI is InChI=1S/C20H22N2O5S/c1-11-12(2)28-20(21-11)22-19(23)16-7-6-13(27-16)8-15-17(25-4)9-14(24-3)10-18(15)26-5/h6-7,9-10H,8H2,1-5H3,(H,21,22,23). The zero-order valence-corrected chi connectivity index (χ0v) is 17.2. The lowest BCUT2D eigenvalue weighted by atomic mass is 10.1. The van der Waals surface area contributed by atoms with E-state index >= 15 is 0 Å². The van der Waals surface area contributed by atoms with Gasteiger partial charge in [-0.25, -0.2) is 4.98 Å². The number of nitrogens with one attached hydrogen (secondary N) is 1. The number of hydrogen-bond acceptors (Lipinski definition) is 7. The summed E-state index contributed by atoms with van der Waals surface area (Å²) in [5.74, 6) is 2.35. The fourth-order valence-corrected chi connectivity index (χ4v) is 3.52. The Balaban J connectivity index is 1.80. The molecule has 0 unspecified atom stereocenters. The van der Waals surface area contributed by atoms with Gasteiger partial charge in [-0.2, -0.15) is 0 Å². The fourth-order valence-electron chi connectivity index (χ4n) is 2.71. The van der Waals surface area contributed by atoms with Crippen LogP contribution in [0.2, 0.25) is 0 Å². The predicted molar refractivity (Wildman–Crippen MR) is 107 cm³/mol. The molecule has 0 saturated carbocycles. The quantitative estimate of drug-likeness (QED) is 0.637. The van der Waals surface area contributed by atoms with Crippen LogP contribution in [0.5, 0.6) is 17.2 Å². The molecule has 0 aliphatic carbocycles. The summed E-state index contributed by atoms with van der Waals surface area (Å²) in [5.41, 5.74) is 1.71. The Bertz CT molecular complexity index is 948. The Labute approximate surface area is 167 Å². The minimum Gasteiger partial charge on any atom is -0.496 e. The predicted octanol–water partition coefficient (Wildman–Crippen LogP) is 4.22. The molecule has 7 nitrogen and oxygen atoms in total. The summed E-state index contributed by atoms with van der Waals surface area (Å²) in [5, 5.41) is 3.32. The number of anilines is 1. The molecule has 1 N–H and O–H groups in total. The zero-order valence-electron chi connectivity index (χ0n) is 16.4. The number of carbonyl (C=O) groups is 1. The minimum absolute atomic E-state index is 0.215. The number of aryl methyl sites for hydroxylation is 2. The van der Waals surface area contributed by atoms with Gasteiger partial charge in [0, 0.05) is 29.0 Å². The van der Waals surface area contributed by atoms with Crippen LogP contribution in [0.3, 0.4) is 0 Å². The van der Waals surface area contributed by atoms with Crippen molar-refractivity contribution in [3.63, 3.8) is 0 Å². The number of furan rings is 1. The molecule has 2 aromatic heterocycles. The summed E-state index contributed by atoms with van der Waals surface area (Å²) in [7, 11) is 4.74. The normalized spacial score (nSPS) is 10.6. The SMILES string of the molecule is COc1cc(OC)c(Cc2ccc(C(=O)Nc3nc(C)c(C)s3)o2)c(OC)c1. The third-order valence-electron chi connectivity index (χ3n) is 4.30. The van der Waals surface area contributed by atoms with Crippen molar-refractivity contribution >= 4 is 22.4 Å². The lowest BCUT2D eigenvalue weighted by Gasteiger charge is -2.14. The highest BCUT2D eigenvalue weighted by atomic mass is 32.1. The van der Waals surface area contributed by atoms with Gasteiger partial charge >= 0.3 is 0 Å². The highest BCUT2D eigenvalue weighted by molar-refractivity contribution is 7.15. The molecule has 2 heterocycles. The number of amides is 1. The maximum Gasteiger partial charge on any atom is 0.293 e. The van der Waals surface area contributed by atoms with E-state index in [-0.39, 0.29) is 11.7 Å². The third kappa shape index (κ3) is 4.12. The summed E-state index contributed by atoms with van der Waals surface area (Å²) >= 11 is 1.43. The van der Waals surface area contributed by atoms with Gasteiger partial charge in [-0.3, -0.25) is 10.1 Å². The summed E-state index contributed by atoms with van der Waals surface area (Å²) in [6.45, 7) is 3.87. The second-order valence-corrected chi connectivity index (χ2v) is 7.27. The lowest BCUT2D eigenvalue weighted by Crippen LogP contribution is -2.10. The largest absolute Gasteiger partial charge is 0.496 e. The van der Waals surface area contributed by atoms with E-state index in [1.54, 1.807) is 45.6 Å². The van der Waals surface area contributed by atoms with E-state index in [4.69, 9.17) is 18.6 Å². The van der Waals surface area contributed by atoms with Crippen LogP contribution in [0.1, 0.15) is 32.4 Å². The zero-order chi connectivity index (χ0) is 20.3. The average Bonchev–Trinajstić information content (AvgIpc) is 3.28. The second-order valence-electron chi connectivity index (χ2n) is 6.07. The maximum absolute atomic E-state index is 12.4. The van der Waals surface area contributed by atoms with Crippen LogP contribution in [-0.2, 0) is 6.42 Å². The van der Waals surface area contributed by atoms with Gasteiger partial charge in [0.05, 0.1) is 27.0 Å². The first-order valence-electron chi connectivity index (χ1n) is 8.58.